The fourth-order valence-corrected chi connectivity index (χ4v) is 3.45. The lowest BCUT2D eigenvalue weighted by Gasteiger charge is -2.12. The molecule has 1 aliphatic carbocycles. The highest BCUT2D eigenvalue weighted by Gasteiger charge is 2.19. The monoisotopic (exact) mass is 281 g/mol. The van der Waals surface area contributed by atoms with Crippen LogP contribution in [0.1, 0.15) is 50.1 Å². The summed E-state index contributed by atoms with van der Waals surface area (Å²) in [6.07, 6.45) is 6.56. The van der Waals surface area contributed by atoms with Gasteiger partial charge in [-0.05, 0) is 38.0 Å². The number of anilines is 1. The fourth-order valence-electron chi connectivity index (χ4n) is 2.40. The molecule has 1 aliphatic rings. The average molecular weight is 281 g/mol. The third kappa shape index (κ3) is 4.01. The van der Waals surface area contributed by atoms with Crippen molar-refractivity contribution in [1.29, 1.82) is 0 Å². The number of thiazole rings is 1. The molecule has 0 saturated heterocycles. The van der Waals surface area contributed by atoms with Gasteiger partial charge in [-0.1, -0.05) is 20.3 Å². The summed E-state index contributed by atoms with van der Waals surface area (Å²) in [4.78, 5) is 17.8. The van der Waals surface area contributed by atoms with Gasteiger partial charge in [-0.3, -0.25) is 4.79 Å². The van der Waals surface area contributed by atoms with Crippen LogP contribution < -0.4 is 11.1 Å². The summed E-state index contributed by atoms with van der Waals surface area (Å²) in [6.45, 7) is 4.14. The molecule has 1 atom stereocenters. The van der Waals surface area contributed by atoms with Crippen LogP contribution in [0.15, 0.2) is 0 Å². The molecule has 0 aromatic carbocycles. The second-order valence-electron chi connectivity index (χ2n) is 5.67. The molecule has 0 bridgehead atoms. The second-order valence-corrected chi connectivity index (χ2v) is 6.76. The number of aromatic nitrogens is 1. The summed E-state index contributed by atoms with van der Waals surface area (Å²) in [5, 5.41) is 3.59. The molecule has 0 saturated carbocycles. The minimum atomic E-state index is -0.441. The van der Waals surface area contributed by atoms with E-state index in [1.165, 1.54) is 29.8 Å². The van der Waals surface area contributed by atoms with E-state index in [-0.39, 0.29) is 5.91 Å². The maximum absolute atomic E-state index is 12.0. The van der Waals surface area contributed by atoms with Crippen LogP contribution >= 0.6 is 11.3 Å². The van der Waals surface area contributed by atoms with Crippen molar-refractivity contribution in [1.82, 2.24) is 4.98 Å². The first-order valence-corrected chi connectivity index (χ1v) is 7.93. The smallest absolute Gasteiger partial charge is 0.243 e. The number of carbonyl (C=O) groups excluding carboxylic acids is 1. The van der Waals surface area contributed by atoms with E-state index in [1.807, 2.05) is 0 Å². The molecule has 0 unspecified atom stereocenters. The van der Waals surface area contributed by atoms with Crippen LogP contribution in [-0.2, 0) is 17.6 Å². The van der Waals surface area contributed by atoms with E-state index < -0.39 is 6.04 Å². The van der Waals surface area contributed by atoms with Gasteiger partial charge >= 0.3 is 0 Å². The van der Waals surface area contributed by atoms with Crippen LogP contribution in [0.25, 0.3) is 0 Å². The molecule has 0 fully saturated rings. The minimum Gasteiger partial charge on any atom is -0.320 e. The highest BCUT2D eigenvalue weighted by Crippen LogP contribution is 2.28. The molecule has 0 aliphatic heterocycles. The number of hydrogen-bond acceptors (Lipinski definition) is 4. The molecule has 0 radical (unpaired) electrons. The first kappa shape index (κ1) is 14.5. The lowest BCUT2D eigenvalue weighted by atomic mass is 10.0. The molecule has 1 aromatic rings. The normalized spacial score (nSPS) is 16.8. The predicted molar refractivity (Wildman–Crippen MR) is 79.4 cm³/mol. The van der Waals surface area contributed by atoms with Gasteiger partial charge in [0.2, 0.25) is 5.91 Å². The number of carbonyl (C=O) groups is 1. The number of rotatable bonds is 4. The SMILES string of the molecule is CC(C)C[C@H](N)C(=O)Nc1nc2c(s1)CCCCC2. The molecule has 0 spiro atoms. The zero-order valence-corrected chi connectivity index (χ0v) is 12.6. The topological polar surface area (TPSA) is 68.0 Å². The first-order chi connectivity index (χ1) is 9.06. The Hall–Kier alpha value is -0.940. The summed E-state index contributed by atoms with van der Waals surface area (Å²) in [7, 11) is 0. The number of hydrogen-bond donors (Lipinski definition) is 2. The molecular formula is C14H23N3OS. The largest absolute Gasteiger partial charge is 0.320 e. The highest BCUT2D eigenvalue weighted by atomic mass is 32.1. The minimum absolute atomic E-state index is 0.113. The van der Waals surface area contributed by atoms with Crippen molar-refractivity contribution in [3.05, 3.63) is 10.6 Å². The summed E-state index contributed by atoms with van der Waals surface area (Å²) in [5.41, 5.74) is 7.05. The fraction of sp³-hybridized carbons (Fsp3) is 0.714. The molecule has 19 heavy (non-hydrogen) atoms. The molecule has 1 amide bonds. The summed E-state index contributed by atoms with van der Waals surface area (Å²) >= 11 is 1.61. The van der Waals surface area contributed by atoms with Gasteiger partial charge in [0.25, 0.3) is 0 Å². The molecule has 1 aromatic heterocycles. The Balaban J connectivity index is 1.97. The first-order valence-electron chi connectivity index (χ1n) is 7.11. The van der Waals surface area contributed by atoms with E-state index in [2.05, 4.69) is 24.1 Å². The van der Waals surface area contributed by atoms with E-state index in [0.29, 0.717) is 12.3 Å². The van der Waals surface area contributed by atoms with Gasteiger partial charge in [0.1, 0.15) is 0 Å². The van der Waals surface area contributed by atoms with Gasteiger partial charge in [0, 0.05) is 4.88 Å². The van der Waals surface area contributed by atoms with Crippen LogP contribution in [0.4, 0.5) is 5.13 Å². The van der Waals surface area contributed by atoms with E-state index in [0.717, 1.165) is 18.0 Å². The van der Waals surface area contributed by atoms with E-state index in [4.69, 9.17) is 5.73 Å². The third-order valence-electron chi connectivity index (χ3n) is 3.39. The Labute approximate surface area is 118 Å². The molecule has 4 nitrogen and oxygen atoms in total. The van der Waals surface area contributed by atoms with Gasteiger partial charge < -0.3 is 11.1 Å². The Morgan fingerprint density at radius 2 is 2.11 bits per heavy atom. The Morgan fingerprint density at radius 1 is 1.37 bits per heavy atom. The zero-order valence-electron chi connectivity index (χ0n) is 11.7. The van der Waals surface area contributed by atoms with Crippen LogP contribution in [0.2, 0.25) is 0 Å². The summed E-state index contributed by atoms with van der Waals surface area (Å²) < 4.78 is 0. The number of nitrogens with two attached hydrogens (primary N) is 1. The Morgan fingerprint density at radius 3 is 2.84 bits per heavy atom. The van der Waals surface area contributed by atoms with Crippen molar-refractivity contribution >= 4 is 22.4 Å². The van der Waals surface area contributed by atoms with Crippen LogP contribution in [-0.4, -0.2) is 16.9 Å². The average Bonchev–Trinajstić information content (AvgIpc) is 2.57. The van der Waals surface area contributed by atoms with E-state index in [1.54, 1.807) is 11.3 Å². The number of aryl methyl sites for hydroxylation is 2. The third-order valence-corrected chi connectivity index (χ3v) is 4.46. The standard InChI is InChI=1S/C14H23N3OS/c1-9(2)8-10(15)13(18)17-14-16-11-6-4-3-5-7-12(11)19-14/h9-10H,3-8,15H2,1-2H3,(H,16,17,18)/t10-/m0/s1. The number of nitrogens with one attached hydrogen (secondary N) is 1. The van der Waals surface area contributed by atoms with Crippen LogP contribution in [0, 0.1) is 5.92 Å². The quantitative estimate of drug-likeness (QED) is 0.834. The molecule has 1 heterocycles. The van der Waals surface area contributed by atoms with Crippen LogP contribution in [0.5, 0.6) is 0 Å². The number of amides is 1. The predicted octanol–water partition coefficient (Wildman–Crippen LogP) is 2.72. The maximum Gasteiger partial charge on any atom is 0.243 e. The molecule has 106 valence electrons. The van der Waals surface area contributed by atoms with Gasteiger partial charge in [-0.2, -0.15) is 0 Å². The van der Waals surface area contributed by atoms with Crippen molar-refractivity contribution in [2.75, 3.05) is 5.32 Å². The van der Waals surface area contributed by atoms with Gasteiger partial charge in [0.15, 0.2) is 5.13 Å². The number of fused-ring (bicyclic) bond motifs is 1. The highest BCUT2D eigenvalue weighted by molar-refractivity contribution is 7.15. The van der Waals surface area contributed by atoms with Crippen molar-refractivity contribution < 1.29 is 4.79 Å². The van der Waals surface area contributed by atoms with E-state index >= 15 is 0 Å². The van der Waals surface area contributed by atoms with Crippen LogP contribution in [0.3, 0.4) is 0 Å². The number of nitrogens with zero attached hydrogens (tertiary/aromatic N) is 1. The summed E-state index contributed by atoms with van der Waals surface area (Å²) in [5.74, 6) is 0.311. The van der Waals surface area contributed by atoms with Gasteiger partial charge in [-0.15, -0.1) is 11.3 Å². The molecule has 5 heteroatoms. The molecular weight excluding hydrogens is 258 g/mol. The Kier molecular flexibility index (Phi) is 4.93. The van der Waals surface area contributed by atoms with Crippen molar-refractivity contribution in [2.24, 2.45) is 11.7 Å². The van der Waals surface area contributed by atoms with Gasteiger partial charge in [-0.25, -0.2) is 4.98 Å². The lowest BCUT2D eigenvalue weighted by molar-refractivity contribution is -0.117. The van der Waals surface area contributed by atoms with E-state index in [9.17, 15) is 4.79 Å². The summed E-state index contributed by atoms with van der Waals surface area (Å²) in [6, 6.07) is -0.441. The molecule has 3 N–H and O–H groups in total. The molecule has 2 rings (SSSR count). The second kappa shape index (κ2) is 6.48. The maximum atomic E-state index is 12.0. The van der Waals surface area contributed by atoms with Gasteiger partial charge in [0.05, 0.1) is 11.7 Å². The van der Waals surface area contributed by atoms with Crippen molar-refractivity contribution in [3.63, 3.8) is 0 Å². The zero-order chi connectivity index (χ0) is 13.8. The van der Waals surface area contributed by atoms with Crippen molar-refractivity contribution in [3.8, 4) is 0 Å². The van der Waals surface area contributed by atoms with Crippen molar-refractivity contribution in [2.45, 2.75) is 58.4 Å². The Bertz CT molecular complexity index is 418. The lowest BCUT2D eigenvalue weighted by Crippen LogP contribution is -2.36.